The van der Waals surface area contributed by atoms with E-state index >= 15 is 0 Å². The molecule has 0 radical (unpaired) electrons. The maximum atomic E-state index is 9.35. The lowest BCUT2D eigenvalue weighted by Gasteiger charge is -2.38. The number of aliphatic hydroxyl groups is 1. The summed E-state index contributed by atoms with van der Waals surface area (Å²) < 4.78 is 0. The van der Waals surface area contributed by atoms with Crippen molar-refractivity contribution in [2.75, 3.05) is 13.1 Å². The molecule has 2 bridgehead atoms. The molecule has 0 saturated carbocycles. The lowest BCUT2D eigenvalue weighted by atomic mass is 9.93. The Kier molecular flexibility index (Phi) is 5.45. The van der Waals surface area contributed by atoms with Crippen LogP contribution in [0.5, 0.6) is 0 Å². The molecule has 74 valence electrons. The smallest absolute Gasteiger partial charge is 0.0570 e. The third kappa shape index (κ3) is 2.75. The Morgan fingerprint density at radius 1 is 1.00 bits per heavy atom. The summed E-state index contributed by atoms with van der Waals surface area (Å²) in [6.45, 7) is 2.04. The van der Waals surface area contributed by atoms with Crippen molar-refractivity contribution in [3.8, 4) is 0 Å². The van der Waals surface area contributed by atoms with E-state index in [9.17, 15) is 5.11 Å². The highest BCUT2D eigenvalue weighted by molar-refractivity contribution is 5.85. The molecule has 2 unspecified atom stereocenters. The second-order valence-electron chi connectivity index (χ2n) is 3.34. The van der Waals surface area contributed by atoms with Gasteiger partial charge in [-0.2, -0.15) is 0 Å². The quantitative estimate of drug-likeness (QED) is 0.529. The summed E-state index contributed by atoms with van der Waals surface area (Å²) in [7, 11) is 0. The summed E-state index contributed by atoms with van der Waals surface area (Å²) in [5.41, 5.74) is 0. The predicted octanol–water partition coefficient (Wildman–Crippen LogP) is -0.0853. The van der Waals surface area contributed by atoms with Crippen LogP contribution in [0.1, 0.15) is 12.8 Å². The molecule has 0 aromatic rings. The SMILES string of the molecule is Cl.Cl.OC1CC2CNCC(C1)N2. The Morgan fingerprint density at radius 2 is 1.50 bits per heavy atom. The summed E-state index contributed by atoms with van der Waals surface area (Å²) in [6.07, 6.45) is 1.78. The first-order chi connectivity index (χ1) is 4.84. The molecule has 3 nitrogen and oxygen atoms in total. The Balaban J connectivity index is 0.000000605. The molecule has 0 aromatic carbocycles. The van der Waals surface area contributed by atoms with Gasteiger partial charge in [-0.1, -0.05) is 0 Å². The molecule has 3 N–H and O–H groups in total. The van der Waals surface area contributed by atoms with Gasteiger partial charge in [0.1, 0.15) is 0 Å². The zero-order chi connectivity index (χ0) is 6.97. The van der Waals surface area contributed by atoms with Gasteiger partial charge in [0.05, 0.1) is 6.10 Å². The van der Waals surface area contributed by atoms with Gasteiger partial charge in [-0.15, -0.1) is 24.8 Å². The third-order valence-corrected chi connectivity index (χ3v) is 2.37. The van der Waals surface area contributed by atoms with E-state index in [0.717, 1.165) is 25.9 Å². The summed E-state index contributed by atoms with van der Waals surface area (Å²) >= 11 is 0. The summed E-state index contributed by atoms with van der Waals surface area (Å²) in [6, 6.07) is 1.03. The zero-order valence-corrected chi connectivity index (χ0v) is 8.46. The monoisotopic (exact) mass is 214 g/mol. The molecule has 0 aliphatic carbocycles. The molecule has 2 heterocycles. The van der Waals surface area contributed by atoms with Crippen LogP contribution in [0, 0.1) is 0 Å². The fourth-order valence-electron chi connectivity index (χ4n) is 1.94. The van der Waals surface area contributed by atoms with E-state index in [1.807, 2.05) is 0 Å². The molecular formula is C7H16Cl2N2O. The molecule has 0 spiro atoms. The number of fused-ring (bicyclic) bond motifs is 2. The molecule has 2 saturated heterocycles. The van der Waals surface area contributed by atoms with E-state index in [1.165, 1.54) is 0 Å². The first-order valence-electron chi connectivity index (χ1n) is 3.99. The first-order valence-corrected chi connectivity index (χ1v) is 3.99. The largest absolute Gasteiger partial charge is 0.393 e. The van der Waals surface area contributed by atoms with Crippen LogP contribution >= 0.6 is 24.8 Å². The topological polar surface area (TPSA) is 44.3 Å². The van der Waals surface area contributed by atoms with Crippen molar-refractivity contribution in [3.05, 3.63) is 0 Å². The van der Waals surface area contributed by atoms with Crippen molar-refractivity contribution in [2.45, 2.75) is 31.0 Å². The van der Waals surface area contributed by atoms with Crippen LogP contribution in [0.3, 0.4) is 0 Å². The number of nitrogens with one attached hydrogen (secondary N) is 2. The van der Waals surface area contributed by atoms with E-state index in [2.05, 4.69) is 10.6 Å². The number of hydrogen-bond acceptors (Lipinski definition) is 3. The molecule has 2 fully saturated rings. The number of piperidine rings is 1. The van der Waals surface area contributed by atoms with E-state index < -0.39 is 0 Å². The Morgan fingerprint density at radius 3 is 2.00 bits per heavy atom. The highest BCUT2D eigenvalue weighted by atomic mass is 35.5. The van der Waals surface area contributed by atoms with Gasteiger partial charge < -0.3 is 15.7 Å². The maximum Gasteiger partial charge on any atom is 0.0570 e. The van der Waals surface area contributed by atoms with Gasteiger partial charge in [0, 0.05) is 25.2 Å². The fourth-order valence-corrected chi connectivity index (χ4v) is 1.94. The normalized spacial score (nSPS) is 39.2. The van der Waals surface area contributed by atoms with Gasteiger partial charge in [-0.05, 0) is 12.8 Å². The van der Waals surface area contributed by atoms with Gasteiger partial charge in [0.25, 0.3) is 0 Å². The lowest BCUT2D eigenvalue weighted by molar-refractivity contribution is 0.0802. The van der Waals surface area contributed by atoms with Crippen molar-refractivity contribution in [3.63, 3.8) is 0 Å². The van der Waals surface area contributed by atoms with Crippen LogP contribution in [0.25, 0.3) is 0 Å². The summed E-state index contributed by atoms with van der Waals surface area (Å²) in [5, 5.41) is 16.1. The number of rotatable bonds is 0. The number of aliphatic hydroxyl groups excluding tert-OH is 1. The van der Waals surface area contributed by atoms with Gasteiger partial charge in [0.2, 0.25) is 0 Å². The van der Waals surface area contributed by atoms with E-state index in [0.29, 0.717) is 12.1 Å². The molecule has 2 rings (SSSR count). The Hall–Kier alpha value is 0.460. The molecule has 2 aliphatic rings. The van der Waals surface area contributed by atoms with E-state index in [4.69, 9.17) is 0 Å². The number of piperazine rings is 1. The summed E-state index contributed by atoms with van der Waals surface area (Å²) in [5.74, 6) is 0. The van der Waals surface area contributed by atoms with E-state index in [1.54, 1.807) is 0 Å². The van der Waals surface area contributed by atoms with Gasteiger partial charge in [0.15, 0.2) is 0 Å². The van der Waals surface area contributed by atoms with Crippen molar-refractivity contribution in [1.29, 1.82) is 0 Å². The second-order valence-corrected chi connectivity index (χ2v) is 3.34. The van der Waals surface area contributed by atoms with E-state index in [-0.39, 0.29) is 30.9 Å². The minimum Gasteiger partial charge on any atom is -0.393 e. The highest BCUT2D eigenvalue weighted by Gasteiger charge is 2.29. The van der Waals surface area contributed by atoms with Crippen LogP contribution in [0.2, 0.25) is 0 Å². The van der Waals surface area contributed by atoms with Crippen LogP contribution in [0.15, 0.2) is 0 Å². The molecular weight excluding hydrogens is 199 g/mol. The Labute approximate surface area is 85.1 Å². The highest BCUT2D eigenvalue weighted by Crippen LogP contribution is 2.15. The number of hydrogen-bond donors (Lipinski definition) is 3. The van der Waals surface area contributed by atoms with Crippen molar-refractivity contribution in [1.82, 2.24) is 10.6 Å². The molecule has 2 aliphatic heterocycles. The van der Waals surface area contributed by atoms with Gasteiger partial charge in [-0.3, -0.25) is 0 Å². The summed E-state index contributed by atoms with van der Waals surface area (Å²) in [4.78, 5) is 0. The molecule has 12 heavy (non-hydrogen) atoms. The van der Waals surface area contributed by atoms with Crippen LogP contribution in [0.4, 0.5) is 0 Å². The molecule has 0 amide bonds. The van der Waals surface area contributed by atoms with Crippen LogP contribution in [-0.2, 0) is 0 Å². The second kappa shape index (κ2) is 5.25. The minimum atomic E-state index is -0.0571. The van der Waals surface area contributed by atoms with Gasteiger partial charge in [-0.25, -0.2) is 0 Å². The average Bonchev–Trinajstić information content (AvgIpc) is 1.85. The minimum absolute atomic E-state index is 0. The van der Waals surface area contributed by atoms with Crippen molar-refractivity contribution < 1.29 is 5.11 Å². The standard InChI is InChI=1S/C7H14N2O.2ClH/c10-7-1-5-3-8-4-6(2-7)9-5;;/h5-10H,1-4H2;2*1H. The molecule has 2 atom stereocenters. The van der Waals surface area contributed by atoms with Crippen molar-refractivity contribution in [2.24, 2.45) is 0 Å². The van der Waals surface area contributed by atoms with Crippen LogP contribution in [-0.4, -0.2) is 36.4 Å². The van der Waals surface area contributed by atoms with Crippen LogP contribution < -0.4 is 10.6 Å². The number of halogens is 2. The fraction of sp³-hybridized carbons (Fsp3) is 1.00. The predicted molar refractivity (Wildman–Crippen MR) is 53.3 cm³/mol. The molecule has 0 aromatic heterocycles. The molecule has 5 heteroatoms. The maximum absolute atomic E-state index is 9.35. The third-order valence-electron chi connectivity index (χ3n) is 2.37. The average molecular weight is 215 g/mol. The van der Waals surface area contributed by atoms with Gasteiger partial charge >= 0.3 is 0 Å². The zero-order valence-electron chi connectivity index (χ0n) is 6.82. The lowest BCUT2D eigenvalue weighted by Crippen LogP contribution is -2.60. The Bertz CT molecular complexity index is 121. The van der Waals surface area contributed by atoms with Crippen molar-refractivity contribution >= 4 is 24.8 Å². The first kappa shape index (κ1) is 12.5.